The molecule has 140 valence electrons. The van der Waals surface area contributed by atoms with Gasteiger partial charge in [0.1, 0.15) is 17.4 Å². The monoisotopic (exact) mass is 369 g/mol. The second-order valence-electron chi connectivity index (χ2n) is 6.11. The van der Waals surface area contributed by atoms with E-state index in [0.717, 1.165) is 17.6 Å². The van der Waals surface area contributed by atoms with Gasteiger partial charge in [0.25, 0.3) is 0 Å². The third-order valence-electron chi connectivity index (χ3n) is 4.25. The van der Waals surface area contributed by atoms with Gasteiger partial charge in [-0.25, -0.2) is 14.2 Å². The number of phenols is 1. The van der Waals surface area contributed by atoms with E-state index in [1.54, 1.807) is 18.3 Å². The Hall–Kier alpha value is -3.42. The van der Waals surface area contributed by atoms with Crippen molar-refractivity contribution in [1.29, 1.82) is 0 Å². The molecule has 3 rings (SSSR count). The molecule has 0 saturated carbocycles. The molecule has 7 nitrogen and oxygen atoms in total. The number of phenolic OH excluding ortho intramolecular Hbond substituents is 1. The van der Waals surface area contributed by atoms with Gasteiger partial charge in [-0.2, -0.15) is 0 Å². The summed E-state index contributed by atoms with van der Waals surface area (Å²) in [7, 11) is 0. The van der Waals surface area contributed by atoms with Gasteiger partial charge in [0.15, 0.2) is 0 Å². The summed E-state index contributed by atoms with van der Waals surface area (Å²) >= 11 is 0. The Labute approximate surface area is 155 Å². The quantitative estimate of drug-likeness (QED) is 0.601. The van der Waals surface area contributed by atoms with Crippen LogP contribution in [0.4, 0.5) is 14.9 Å². The van der Waals surface area contributed by atoms with Crippen LogP contribution in [0, 0.1) is 12.7 Å². The smallest absolute Gasteiger partial charge is 0.319 e. The summed E-state index contributed by atoms with van der Waals surface area (Å²) in [6, 6.07) is 7.34. The molecule has 2 heterocycles. The van der Waals surface area contributed by atoms with Gasteiger partial charge in [0.2, 0.25) is 0 Å². The van der Waals surface area contributed by atoms with Crippen molar-refractivity contribution >= 4 is 11.7 Å². The normalized spacial score (nSPS) is 11.8. The molecule has 0 aliphatic heterocycles. The largest absolute Gasteiger partial charge is 0.506 e. The van der Waals surface area contributed by atoms with Crippen molar-refractivity contribution in [2.24, 2.45) is 0 Å². The lowest BCUT2D eigenvalue weighted by Crippen LogP contribution is -2.28. The lowest BCUT2D eigenvalue weighted by molar-refractivity contribution is 0.251. The lowest BCUT2D eigenvalue weighted by atomic mass is 10.1. The number of benzene rings is 1. The molecule has 1 aromatic carbocycles. The maximum Gasteiger partial charge on any atom is 0.319 e. The number of urea groups is 1. The Bertz CT molecular complexity index is 940. The van der Waals surface area contributed by atoms with Crippen LogP contribution < -0.4 is 10.6 Å². The number of amides is 2. The molecule has 27 heavy (non-hydrogen) atoms. The highest BCUT2D eigenvalue weighted by Crippen LogP contribution is 2.29. The second-order valence-corrected chi connectivity index (χ2v) is 6.11. The number of aryl methyl sites for hydroxylation is 1. The SMILES string of the molecule is Cc1nccn1C(C)c1ccc(NC(=O)NCc2ccc(F)cn2)c(O)c1. The summed E-state index contributed by atoms with van der Waals surface area (Å²) in [5.41, 5.74) is 1.70. The summed E-state index contributed by atoms with van der Waals surface area (Å²) in [6.45, 7) is 4.05. The van der Waals surface area contributed by atoms with Crippen molar-refractivity contribution < 1.29 is 14.3 Å². The van der Waals surface area contributed by atoms with Crippen LogP contribution in [-0.2, 0) is 6.54 Å². The van der Waals surface area contributed by atoms with Crippen LogP contribution in [0.5, 0.6) is 5.75 Å². The van der Waals surface area contributed by atoms with Gasteiger partial charge in [0, 0.05) is 12.4 Å². The van der Waals surface area contributed by atoms with Crippen molar-refractivity contribution in [2.75, 3.05) is 5.32 Å². The van der Waals surface area contributed by atoms with E-state index in [4.69, 9.17) is 0 Å². The zero-order chi connectivity index (χ0) is 19.4. The van der Waals surface area contributed by atoms with Crippen molar-refractivity contribution in [1.82, 2.24) is 19.9 Å². The van der Waals surface area contributed by atoms with Gasteiger partial charge in [0.05, 0.1) is 30.2 Å². The molecule has 2 amide bonds. The molecule has 3 N–H and O–H groups in total. The van der Waals surface area contributed by atoms with Crippen LogP contribution in [-0.4, -0.2) is 25.7 Å². The van der Waals surface area contributed by atoms with Crippen molar-refractivity contribution in [3.8, 4) is 5.75 Å². The van der Waals surface area contributed by atoms with E-state index in [-0.39, 0.29) is 24.0 Å². The average molecular weight is 369 g/mol. The number of nitrogens with one attached hydrogen (secondary N) is 2. The van der Waals surface area contributed by atoms with Crippen LogP contribution >= 0.6 is 0 Å². The second kappa shape index (κ2) is 7.86. The summed E-state index contributed by atoms with van der Waals surface area (Å²) in [5.74, 6) is 0.401. The molecule has 1 atom stereocenters. The molecule has 0 aliphatic rings. The van der Waals surface area contributed by atoms with E-state index in [2.05, 4.69) is 20.6 Å². The molecule has 0 saturated heterocycles. The van der Waals surface area contributed by atoms with Crippen LogP contribution in [0.25, 0.3) is 0 Å². The van der Waals surface area contributed by atoms with Gasteiger partial charge < -0.3 is 20.3 Å². The highest BCUT2D eigenvalue weighted by Gasteiger charge is 2.13. The maximum atomic E-state index is 12.8. The molecule has 2 aromatic heterocycles. The number of nitrogens with zero attached hydrogens (tertiary/aromatic N) is 3. The fourth-order valence-electron chi connectivity index (χ4n) is 2.72. The van der Waals surface area contributed by atoms with Crippen LogP contribution in [0.15, 0.2) is 48.9 Å². The summed E-state index contributed by atoms with van der Waals surface area (Å²) in [4.78, 5) is 20.1. The number of imidazole rings is 1. The summed E-state index contributed by atoms with van der Waals surface area (Å²) < 4.78 is 14.8. The minimum atomic E-state index is -0.498. The van der Waals surface area contributed by atoms with E-state index in [9.17, 15) is 14.3 Å². The lowest BCUT2D eigenvalue weighted by Gasteiger charge is -2.17. The average Bonchev–Trinajstić information content (AvgIpc) is 3.08. The van der Waals surface area contributed by atoms with Crippen LogP contribution in [0.3, 0.4) is 0 Å². The summed E-state index contributed by atoms with van der Waals surface area (Å²) in [6.07, 6.45) is 4.69. The Morgan fingerprint density at radius 3 is 2.74 bits per heavy atom. The zero-order valence-electron chi connectivity index (χ0n) is 15.0. The Morgan fingerprint density at radius 2 is 2.11 bits per heavy atom. The minimum absolute atomic E-state index is 0.00849. The van der Waals surface area contributed by atoms with Gasteiger partial charge in [-0.05, 0) is 43.7 Å². The Morgan fingerprint density at radius 1 is 1.30 bits per heavy atom. The van der Waals surface area contributed by atoms with Crippen molar-refractivity contribution in [3.05, 3.63) is 71.8 Å². The topological polar surface area (TPSA) is 92.1 Å². The number of hydrogen-bond donors (Lipinski definition) is 3. The van der Waals surface area contributed by atoms with Gasteiger partial charge in [-0.1, -0.05) is 6.07 Å². The van der Waals surface area contributed by atoms with E-state index >= 15 is 0 Å². The predicted molar refractivity (Wildman–Crippen MR) is 98.9 cm³/mol. The highest BCUT2D eigenvalue weighted by atomic mass is 19.1. The third kappa shape index (κ3) is 4.41. The number of halogens is 1. The van der Waals surface area contributed by atoms with E-state index < -0.39 is 11.8 Å². The van der Waals surface area contributed by atoms with Gasteiger partial charge >= 0.3 is 6.03 Å². The predicted octanol–water partition coefficient (Wildman–Crippen LogP) is 3.36. The van der Waals surface area contributed by atoms with E-state index in [0.29, 0.717) is 5.69 Å². The van der Waals surface area contributed by atoms with Gasteiger partial charge in [-0.3, -0.25) is 4.98 Å². The first-order valence-electron chi connectivity index (χ1n) is 8.41. The number of rotatable bonds is 5. The molecule has 0 fully saturated rings. The van der Waals surface area contributed by atoms with Crippen LogP contribution in [0.1, 0.15) is 30.0 Å². The highest BCUT2D eigenvalue weighted by molar-refractivity contribution is 5.90. The number of carbonyl (C=O) groups is 1. The molecule has 0 spiro atoms. The zero-order valence-corrected chi connectivity index (χ0v) is 15.0. The van der Waals surface area contributed by atoms with Crippen LogP contribution in [0.2, 0.25) is 0 Å². The number of pyridine rings is 1. The van der Waals surface area contributed by atoms with Crippen molar-refractivity contribution in [2.45, 2.75) is 26.4 Å². The first-order valence-corrected chi connectivity index (χ1v) is 8.41. The molecule has 8 heteroatoms. The molecule has 0 radical (unpaired) electrons. The molecule has 1 unspecified atom stereocenters. The summed E-state index contributed by atoms with van der Waals surface area (Å²) in [5, 5.41) is 15.4. The number of anilines is 1. The Kier molecular flexibility index (Phi) is 5.35. The van der Waals surface area contributed by atoms with E-state index in [1.165, 1.54) is 12.1 Å². The fourth-order valence-corrected chi connectivity index (χ4v) is 2.72. The number of aromatic hydroxyl groups is 1. The standard InChI is InChI=1S/C19H20FN5O2/c1-12(25-8-7-21-13(25)2)14-3-6-17(18(26)9-14)24-19(27)23-11-16-5-4-15(20)10-22-16/h3-10,12,26H,11H2,1-2H3,(H2,23,24,27). The molecular weight excluding hydrogens is 349 g/mol. The van der Waals surface area contributed by atoms with Gasteiger partial charge in [-0.15, -0.1) is 0 Å². The minimum Gasteiger partial charge on any atom is -0.506 e. The molecular formula is C19H20FN5O2. The number of aromatic nitrogens is 3. The number of carbonyl (C=O) groups excluding carboxylic acids is 1. The number of hydrogen-bond acceptors (Lipinski definition) is 4. The first kappa shape index (κ1) is 18.4. The van der Waals surface area contributed by atoms with Crippen molar-refractivity contribution in [3.63, 3.8) is 0 Å². The first-order chi connectivity index (χ1) is 12.9. The molecule has 0 bridgehead atoms. The third-order valence-corrected chi connectivity index (χ3v) is 4.25. The molecule has 3 aromatic rings. The molecule has 0 aliphatic carbocycles. The fraction of sp³-hybridized carbons (Fsp3) is 0.211. The Balaban J connectivity index is 1.62. The maximum absolute atomic E-state index is 12.8. The van der Waals surface area contributed by atoms with E-state index in [1.807, 2.05) is 30.7 Å².